The highest BCUT2D eigenvalue weighted by atomic mass is 16.3. The Kier molecular flexibility index (Phi) is 5.30. The molecule has 2 rings (SSSR count). The molecule has 0 saturated heterocycles. The van der Waals surface area contributed by atoms with Crippen molar-refractivity contribution in [1.29, 1.82) is 0 Å². The minimum absolute atomic E-state index is 0.335. The molecule has 1 aromatic rings. The predicted octanol–water partition coefficient (Wildman–Crippen LogP) is 3.39. The van der Waals surface area contributed by atoms with E-state index in [0.717, 1.165) is 19.6 Å². The Morgan fingerprint density at radius 3 is 2.40 bits per heavy atom. The summed E-state index contributed by atoms with van der Waals surface area (Å²) in [6.07, 6.45) is 6.74. The van der Waals surface area contributed by atoms with E-state index in [0.29, 0.717) is 11.2 Å². The summed E-state index contributed by atoms with van der Waals surface area (Å²) in [6.45, 7) is 5.43. The molecule has 112 valence electrons. The molecule has 1 aliphatic carbocycles. The number of benzene rings is 1. The fourth-order valence-electron chi connectivity index (χ4n) is 3.38. The fraction of sp³-hybridized carbons (Fsp3) is 0.647. The lowest BCUT2D eigenvalue weighted by Crippen LogP contribution is -2.44. The maximum atomic E-state index is 9.40. The normalized spacial score (nSPS) is 17.9. The van der Waals surface area contributed by atoms with Crippen LogP contribution in [0.3, 0.4) is 0 Å². The van der Waals surface area contributed by atoms with Gasteiger partial charge in [0.1, 0.15) is 5.75 Å². The van der Waals surface area contributed by atoms with Gasteiger partial charge >= 0.3 is 0 Å². The number of phenols is 1. The van der Waals surface area contributed by atoms with E-state index < -0.39 is 0 Å². The first-order valence-electron chi connectivity index (χ1n) is 7.86. The first kappa shape index (κ1) is 15.2. The minimum atomic E-state index is 0.335. The molecular weight excluding hydrogens is 248 g/mol. The molecular formula is C17H28N2O. The maximum absolute atomic E-state index is 9.40. The molecule has 2 N–H and O–H groups in total. The van der Waals surface area contributed by atoms with Gasteiger partial charge in [-0.3, -0.25) is 0 Å². The Morgan fingerprint density at radius 2 is 1.80 bits per heavy atom. The number of phenolic OH excluding ortho intramolecular Hbond substituents is 1. The van der Waals surface area contributed by atoms with Crippen molar-refractivity contribution >= 4 is 5.69 Å². The summed E-state index contributed by atoms with van der Waals surface area (Å²) in [4.78, 5) is 2.34. The fourth-order valence-corrected chi connectivity index (χ4v) is 3.38. The van der Waals surface area contributed by atoms with E-state index in [1.165, 1.54) is 37.8 Å². The van der Waals surface area contributed by atoms with Gasteiger partial charge in [-0.15, -0.1) is 0 Å². The Balaban J connectivity index is 2.04. The SMILES string of the molecule is CCNCC1(CN(C)c2ccc(O)cc2)CCCCC1. The van der Waals surface area contributed by atoms with E-state index in [2.05, 4.69) is 24.2 Å². The second-order valence-electron chi connectivity index (χ2n) is 6.21. The van der Waals surface area contributed by atoms with Crippen LogP contribution in [0.4, 0.5) is 5.69 Å². The second kappa shape index (κ2) is 6.98. The molecule has 0 bridgehead atoms. The smallest absolute Gasteiger partial charge is 0.115 e. The van der Waals surface area contributed by atoms with Crippen LogP contribution >= 0.6 is 0 Å². The molecule has 1 aromatic carbocycles. The summed E-state index contributed by atoms with van der Waals surface area (Å²) in [5.41, 5.74) is 1.59. The first-order chi connectivity index (χ1) is 9.65. The Morgan fingerprint density at radius 1 is 1.15 bits per heavy atom. The highest BCUT2D eigenvalue weighted by Crippen LogP contribution is 2.37. The average molecular weight is 276 g/mol. The number of nitrogens with one attached hydrogen (secondary N) is 1. The third kappa shape index (κ3) is 3.89. The zero-order valence-electron chi connectivity index (χ0n) is 12.9. The molecule has 0 amide bonds. The summed E-state index contributed by atoms with van der Waals surface area (Å²) in [7, 11) is 2.16. The van der Waals surface area contributed by atoms with Crippen LogP contribution in [0.25, 0.3) is 0 Å². The van der Waals surface area contributed by atoms with Crippen LogP contribution in [-0.4, -0.2) is 31.8 Å². The van der Waals surface area contributed by atoms with Crippen molar-refractivity contribution in [2.75, 3.05) is 31.6 Å². The summed E-state index contributed by atoms with van der Waals surface area (Å²) in [5.74, 6) is 0.335. The van der Waals surface area contributed by atoms with Crippen molar-refractivity contribution in [3.8, 4) is 5.75 Å². The molecule has 3 nitrogen and oxygen atoms in total. The van der Waals surface area contributed by atoms with Gasteiger partial charge in [-0.1, -0.05) is 26.2 Å². The van der Waals surface area contributed by atoms with Gasteiger partial charge in [-0.25, -0.2) is 0 Å². The quantitative estimate of drug-likeness (QED) is 0.836. The van der Waals surface area contributed by atoms with Crippen LogP contribution in [0, 0.1) is 5.41 Å². The molecule has 0 atom stereocenters. The number of nitrogens with zero attached hydrogens (tertiary/aromatic N) is 1. The molecule has 1 aliphatic rings. The highest BCUT2D eigenvalue weighted by Gasteiger charge is 2.32. The standard InChI is InChI=1S/C17H28N2O/c1-3-18-13-17(11-5-4-6-12-17)14-19(2)15-7-9-16(20)10-8-15/h7-10,18,20H,3-6,11-14H2,1-2H3. The van der Waals surface area contributed by atoms with Crippen molar-refractivity contribution in [3.05, 3.63) is 24.3 Å². The summed E-state index contributed by atoms with van der Waals surface area (Å²) < 4.78 is 0. The lowest BCUT2D eigenvalue weighted by atomic mass is 9.73. The van der Waals surface area contributed by atoms with Gasteiger partial charge in [-0.2, -0.15) is 0 Å². The van der Waals surface area contributed by atoms with Crippen molar-refractivity contribution in [2.24, 2.45) is 5.41 Å². The molecule has 0 spiro atoms. The molecule has 0 radical (unpaired) electrons. The molecule has 20 heavy (non-hydrogen) atoms. The molecule has 0 heterocycles. The van der Waals surface area contributed by atoms with E-state index in [1.54, 1.807) is 12.1 Å². The Hall–Kier alpha value is -1.22. The molecule has 1 fully saturated rings. The molecule has 1 saturated carbocycles. The van der Waals surface area contributed by atoms with E-state index in [-0.39, 0.29) is 0 Å². The number of hydrogen-bond donors (Lipinski definition) is 2. The second-order valence-corrected chi connectivity index (χ2v) is 6.21. The molecule has 0 unspecified atom stereocenters. The zero-order chi connectivity index (χ0) is 14.4. The van der Waals surface area contributed by atoms with Crippen LogP contribution in [0.2, 0.25) is 0 Å². The van der Waals surface area contributed by atoms with Crippen molar-refractivity contribution in [2.45, 2.75) is 39.0 Å². The molecule has 3 heteroatoms. The van der Waals surface area contributed by atoms with Gasteiger partial charge < -0.3 is 15.3 Å². The van der Waals surface area contributed by atoms with Crippen LogP contribution < -0.4 is 10.2 Å². The van der Waals surface area contributed by atoms with Gasteiger partial charge in [0, 0.05) is 31.2 Å². The van der Waals surface area contributed by atoms with Crippen molar-refractivity contribution < 1.29 is 5.11 Å². The van der Waals surface area contributed by atoms with Crippen LogP contribution in [0.5, 0.6) is 5.75 Å². The molecule has 0 aromatic heterocycles. The summed E-state index contributed by atoms with van der Waals surface area (Å²) >= 11 is 0. The average Bonchev–Trinajstić information content (AvgIpc) is 2.47. The van der Waals surface area contributed by atoms with Gasteiger partial charge in [-0.05, 0) is 43.7 Å². The summed E-state index contributed by atoms with van der Waals surface area (Å²) in [5, 5.41) is 13.0. The van der Waals surface area contributed by atoms with Crippen molar-refractivity contribution in [3.63, 3.8) is 0 Å². The number of hydrogen-bond acceptors (Lipinski definition) is 3. The highest BCUT2D eigenvalue weighted by molar-refractivity contribution is 5.48. The van der Waals surface area contributed by atoms with E-state index in [4.69, 9.17) is 0 Å². The minimum Gasteiger partial charge on any atom is -0.508 e. The summed E-state index contributed by atoms with van der Waals surface area (Å²) in [6, 6.07) is 7.53. The number of anilines is 1. The Labute approximate surface area is 123 Å². The van der Waals surface area contributed by atoms with E-state index in [1.807, 2.05) is 12.1 Å². The lowest BCUT2D eigenvalue weighted by molar-refractivity contribution is 0.190. The maximum Gasteiger partial charge on any atom is 0.115 e. The van der Waals surface area contributed by atoms with Gasteiger partial charge in [0.25, 0.3) is 0 Å². The number of aromatic hydroxyl groups is 1. The Bertz CT molecular complexity index is 396. The van der Waals surface area contributed by atoms with Gasteiger partial charge in [0.05, 0.1) is 0 Å². The third-order valence-electron chi connectivity index (χ3n) is 4.53. The van der Waals surface area contributed by atoms with Crippen LogP contribution in [-0.2, 0) is 0 Å². The largest absolute Gasteiger partial charge is 0.508 e. The van der Waals surface area contributed by atoms with Crippen molar-refractivity contribution in [1.82, 2.24) is 5.32 Å². The molecule has 0 aliphatic heterocycles. The zero-order valence-corrected chi connectivity index (χ0v) is 12.9. The number of rotatable bonds is 6. The van der Waals surface area contributed by atoms with Crippen LogP contribution in [0.1, 0.15) is 39.0 Å². The predicted molar refractivity (Wildman–Crippen MR) is 85.4 cm³/mol. The van der Waals surface area contributed by atoms with E-state index >= 15 is 0 Å². The van der Waals surface area contributed by atoms with E-state index in [9.17, 15) is 5.11 Å². The topological polar surface area (TPSA) is 35.5 Å². The monoisotopic (exact) mass is 276 g/mol. The lowest BCUT2D eigenvalue weighted by Gasteiger charge is -2.41. The van der Waals surface area contributed by atoms with Gasteiger partial charge in [0.15, 0.2) is 0 Å². The third-order valence-corrected chi connectivity index (χ3v) is 4.53. The van der Waals surface area contributed by atoms with Gasteiger partial charge in [0.2, 0.25) is 0 Å². The van der Waals surface area contributed by atoms with Crippen LogP contribution in [0.15, 0.2) is 24.3 Å². The first-order valence-corrected chi connectivity index (χ1v) is 7.86.